The largest absolute Gasteiger partial charge is 0.288 e. The lowest BCUT2D eigenvalue weighted by atomic mass is 10.4. The Morgan fingerprint density at radius 3 is 2.75 bits per heavy atom. The summed E-state index contributed by atoms with van der Waals surface area (Å²) >= 11 is 5.35. The number of hydrogen-bond donors (Lipinski definition) is 0. The molecule has 8 heteroatoms. The second kappa shape index (κ2) is 4.45. The minimum Gasteiger partial charge on any atom is -0.258 e. The second-order valence-electron chi connectivity index (χ2n) is 2.86. The molecule has 6 nitrogen and oxygen atoms in total. The van der Waals surface area contributed by atoms with Crippen LogP contribution < -0.4 is 0 Å². The van der Waals surface area contributed by atoms with Crippen LogP contribution in [0.3, 0.4) is 0 Å². The molecule has 0 fully saturated rings. The smallest absolute Gasteiger partial charge is 0.258 e. The minimum atomic E-state index is -0.492. The number of nitrogens with zero attached hydrogens (tertiary/aromatic N) is 4. The Labute approximate surface area is 112 Å². The highest BCUT2D eigenvalue weighted by Gasteiger charge is 2.12. The van der Waals surface area contributed by atoms with E-state index in [1.165, 1.54) is 12.3 Å². The predicted molar refractivity (Wildman–Crippen MR) is 68.4 cm³/mol. The first-order valence-corrected chi connectivity index (χ1v) is 5.95. The summed E-state index contributed by atoms with van der Waals surface area (Å²) in [6, 6.07) is 1.40. The van der Waals surface area contributed by atoms with E-state index >= 15 is 0 Å². The lowest BCUT2D eigenvalue weighted by Crippen LogP contribution is -2.00. The fourth-order valence-corrected chi connectivity index (χ4v) is 2.01. The highest BCUT2D eigenvalue weighted by molar-refractivity contribution is 14.1. The number of pyridine rings is 1. The summed E-state index contributed by atoms with van der Waals surface area (Å²) in [5.74, 6) is 0.522. The number of rotatable bonds is 2. The molecule has 82 valence electrons. The Kier molecular flexibility index (Phi) is 3.19. The first-order valence-electron chi connectivity index (χ1n) is 4.08. The summed E-state index contributed by atoms with van der Waals surface area (Å²) in [6.07, 6.45) is 4.66. The van der Waals surface area contributed by atoms with Gasteiger partial charge in [-0.15, -0.1) is 0 Å². The van der Waals surface area contributed by atoms with Gasteiger partial charge in [0.25, 0.3) is 5.69 Å². The van der Waals surface area contributed by atoms with Gasteiger partial charge in [-0.1, -0.05) is 0 Å². The first kappa shape index (κ1) is 11.5. The van der Waals surface area contributed by atoms with E-state index in [4.69, 9.17) is 0 Å². The van der Waals surface area contributed by atoms with Crippen LogP contribution in [0, 0.1) is 13.7 Å². The van der Waals surface area contributed by atoms with Gasteiger partial charge in [0, 0.05) is 12.3 Å². The maximum Gasteiger partial charge on any atom is 0.288 e. The van der Waals surface area contributed by atoms with Crippen molar-refractivity contribution in [3.63, 3.8) is 0 Å². The van der Waals surface area contributed by atoms with Gasteiger partial charge < -0.3 is 0 Å². The van der Waals surface area contributed by atoms with Gasteiger partial charge in [-0.05, 0) is 38.5 Å². The molecule has 0 saturated heterocycles. The normalized spacial score (nSPS) is 10.4. The molecule has 0 aromatic carbocycles. The summed E-state index contributed by atoms with van der Waals surface area (Å²) in [7, 11) is 0. The van der Waals surface area contributed by atoms with Crippen LogP contribution in [0.2, 0.25) is 0 Å². The van der Waals surface area contributed by atoms with E-state index < -0.39 is 4.92 Å². The highest BCUT2D eigenvalue weighted by atomic mass is 127. The zero-order chi connectivity index (χ0) is 11.7. The molecule has 0 spiro atoms. The lowest BCUT2D eigenvalue weighted by Gasteiger charge is -2.02. The van der Waals surface area contributed by atoms with Crippen molar-refractivity contribution in [2.24, 2.45) is 0 Å². The van der Waals surface area contributed by atoms with E-state index in [9.17, 15) is 10.1 Å². The first-order chi connectivity index (χ1) is 7.58. The van der Waals surface area contributed by atoms with Crippen LogP contribution in [0.15, 0.2) is 29.1 Å². The van der Waals surface area contributed by atoms with Crippen molar-refractivity contribution in [2.75, 3.05) is 0 Å². The lowest BCUT2D eigenvalue weighted by molar-refractivity contribution is -0.385. The Morgan fingerprint density at radius 1 is 1.50 bits per heavy atom. The molecule has 2 heterocycles. The molecule has 0 radical (unpaired) electrons. The van der Waals surface area contributed by atoms with Gasteiger partial charge in [-0.25, -0.2) is 9.67 Å². The van der Waals surface area contributed by atoms with Crippen LogP contribution in [0.5, 0.6) is 0 Å². The van der Waals surface area contributed by atoms with E-state index in [1.54, 1.807) is 17.1 Å². The van der Waals surface area contributed by atoms with Crippen LogP contribution in [0.1, 0.15) is 0 Å². The topological polar surface area (TPSA) is 73.8 Å². The Bertz CT molecular complexity index is 557. The summed E-state index contributed by atoms with van der Waals surface area (Å²) in [6.45, 7) is 0. The average molecular weight is 395 g/mol. The third-order valence-electron chi connectivity index (χ3n) is 1.79. The number of halogens is 2. The van der Waals surface area contributed by atoms with Crippen LogP contribution in [0.25, 0.3) is 5.82 Å². The highest BCUT2D eigenvalue weighted by Crippen LogP contribution is 2.23. The summed E-state index contributed by atoms with van der Waals surface area (Å²) in [4.78, 5) is 14.0. The van der Waals surface area contributed by atoms with Gasteiger partial charge in [0.05, 0.1) is 19.2 Å². The third kappa shape index (κ3) is 2.21. The van der Waals surface area contributed by atoms with Crippen LogP contribution in [0.4, 0.5) is 5.69 Å². The van der Waals surface area contributed by atoms with Crippen molar-refractivity contribution >= 4 is 44.2 Å². The number of aromatic nitrogens is 3. The molecular formula is C8H4BrIN4O2. The fourth-order valence-electron chi connectivity index (χ4n) is 1.11. The average Bonchev–Trinajstić information content (AvgIpc) is 2.64. The van der Waals surface area contributed by atoms with Crippen molar-refractivity contribution in [3.05, 3.63) is 42.8 Å². The van der Waals surface area contributed by atoms with Crippen molar-refractivity contribution in [3.8, 4) is 5.82 Å². The molecule has 0 amide bonds. The molecule has 0 aliphatic rings. The van der Waals surface area contributed by atoms with Crippen molar-refractivity contribution in [1.29, 1.82) is 0 Å². The van der Waals surface area contributed by atoms with Crippen LogP contribution in [-0.4, -0.2) is 19.7 Å². The van der Waals surface area contributed by atoms with Gasteiger partial charge in [-0.3, -0.25) is 10.1 Å². The quantitative estimate of drug-likeness (QED) is 0.445. The van der Waals surface area contributed by atoms with Gasteiger partial charge in [0.2, 0.25) is 0 Å². The zero-order valence-electron chi connectivity index (χ0n) is 7.67. The molecule has 2 aromatic heterocycles. The van der Waals surface area contributed by atoms with Gasteiger partial charge in [0.1, 0.15) is 6.20 Å². The van der Waals surface area contributed by atoms with Gasteiger partial charge >= 0.3 is 0 Å². The standard InChI is InChI=1S/C8H4BrIN4O2/c9-7-1-6(14(15)16)3-11-8(7)13-4-5(10)2-12-13/h1-4H. The second-order valence-corrected chi connectivity index (χ2v) is 4.96. The fraction of sp³-hybridized carbons (Fsp3) is 0. The molecule has 0 aliphatic carbocycles. The number of hydrogen-bond acceptors (Lipinski definition) is 4. The van der Waals surface area contributed by atoms with E-state index in [0.717, 1.165) is 3.57 Å². The summed E-state index contributed by atoms with van der Waals surface area (Å²) in [5, 5.41) is 14.6. The molecule has 0 saturated carbocycles. The Balaban J connectivity index is 2.47. The van der Waals surface area contributed by atoms with Crippen LogP contribution in [-0.2, 0) is 0 Å². The Morgan fingerprint density at radius 2 is 2.25 bits per heavy atom. The molecule has 0 bridgehead atoms. The number of nitro groups is 1. The molecule has 2 rings (SSSR count). The maximum atomic E-state index is 10.5. The predicted octanol–water partition coefficient (Wildman–Crippen LogP) is 2.54. The van der Waals surface area contributed by atoms with E-state index in [2.05, 4.69) is 48.6 Å². The van der Waals surface area contributed by atoms with Crippen molar-refractivity contribution in [2.45, 2.75) is 0 Å². The van der Waals surface area contributed by atoms with Crippen molar-refractivity contribution in [1.82, 2.24) is 14.8 Å². The third-order valence-corrected chi connectivity index (χ3v) is 2.93. The van der Waals surface area contributed by atoms with Gasteiger partial charge in [0.15, 0.2) is 5.82 Å². The summed E-state index contributed by atoms with van der Waals surface area (Å²) < 4.78 is 3.04. The molecular weight excluding hydrogens is 391 g/mol. The maximum absolute atomic E-state index is 10.5. The molecule has 16 heavy (non-hydrogen) atoms. The Hall–Kier alpha value is -1.03. The molecule has 0 aliphatic heterocycles. The molecule has 2 aromatic rings. The van der Waals surface area contributed by atoms with Crippen molar-refractivity contribution < 1.29 is 4.92 Å². The van der Waals surface area contributed by atoms with Gasteiger partial charge in [-0.2, -0.15) is 5.10 Å². The molecule has 0 unspecified atom stereocenters. The zero-order valence-corrected chi connectivity index (χ0v) is 11.4. The van der Waals surface area contributed by atoms with Crippen LogP contribution >= 0.6 is 38.5 Å². The monoisotopic (exact) mass is 394 g/mol. The van der Waals surface area contributed by atoms with E-state index in [1.807, 2.05) is 0 Å². The summed E-state index contributed by atoms with van der Waals surface area (Å²) in [5.41, 5.74) is -0.0579. The van der Waals surface area contributed by atoms with E-state index in [0.29, 0.717) is 10.3 Å². The minimum absolute atomic E-state index is 0.0579. The molecule has 0 atom stereocenters. The SMILES string of the molecule is O=[N+]([O-])c1cnc(-n2cc(I)cn2)c(Br)c1. The molecule has 0 N–H and O–H groups in total. The van der Waals surface area contributed by atoms with E-state index in [-0.39, 0.29) is 5.69 Å².